The van der Waals surface area contributed by atoms with Crippen molar-refractivity contribution in [1.82, 2.24) is 24.7 Å². The number of aromatic nitrogens is 2. The summed E-state index contributed by atoms with van der Waals surface area (Å²) in [5.41, 5.74) is 2.82. The Hall–Kier alpha value is -3.38. The highest BCUT2D eigenvalue weighted by atomic mass is 19.3. The second-order valence-electron chi connectivity index (χ2n) is 12.4. The van der Waals surface area contributed by atoms with E-state index in [1.807, 2.05) is 11.0 Å². The number of alkyl halides is 2. The minimum absolute atomic E-state index is 0.0357. The number of anilines is 2. The molecule has 10 nitrogen and oxygen atoms in total. The largest absolute Gasteiger partial charge is 0.390 e. The van der Waals surface area contributed by atoms with Crippen molar-refractivity contribution in [3.05, 3.63) is 47.2 Å². The molecule has 4 aliphatic heterocycles. The number of nitrogens with zero attached hydrogens (tertiary/aromatic N) is 6. The number of halogens is 2. The van der Waals surface area contributed by atoms with Crippen LogP contribution in [0.3, 0.4) is 0 Å². The predicted molar refractivity (Wildman–Crippen MR) is 158 cm³/mol. The number of amides is 2. The van der Waals surface area contributed by atoms with E-state index in [4.69, 9.17) is 0 Å². The Labute approximate surface area is 251 Å². The fourth-order valence-corrected chi connectivity index (χ4v) is 6.83. The molecule has 3 saturated heterocycles. The number of rotatable bonds is 5. The molecule has 232 valence electrons. The molecule has 5 heterocycles. The Morgan fingerprint density at radius 1 is 0.953 bits per heavy atom. The Balaban J connectivity index is 1.16. The van der Waals surface area contributed by atoms with Crippen LogP contribution < -0.4 is 10.2 Å². The SMILES string of the molecule is CC(=O)N1CCC(Nc2cc(C(=O)N3CC[C@@H](N4CCc5ccccc5C4)[C@H](O)C3)nc(N3CCC(F)(F)CC3)n2)CC1. The summed E-state index contributed by atoms with van der Waals surface area (Å²) in [6.07, 6.45) is 1.78. The third-order valence-corrected chi connectivity index (χ3v) is 9.47. The number of benzene rings is 1. The van der Waals surface area contributed by atoms with Gasteiger partial charge in [-0.25, -0.2) is 13.8 Å². The number of β-amino-alcohol motifs (C(OH)–C–C–N with tert-alkyl or cyclic N) is 1. The smallest absolute Gasteiger partial charge is 0.272 e. The third-order valence-electron chi connectivity index (χ3n) is 9.47. The van der Waals surface area contributed by atoms with Crippen LogP contribution in [0, 0.1) is 0 Å². The van der Waals surface area contributed by atoms with Crippen molar-refractivity contribution in [2.45, 2.75) is 76.1 Å². The Morgan fingerprint density at radius 2 is 1.65 bits per heavy atom. The number of likely N-dealkylation sites (tertiary alicyclic amines) is 2. The quantitative estimate of drug-likeness (QED) is 0.543. The van der Waals surface area contributed by atoms with Crippen molar-refractivity contribution in [2.24, 2.45) is 0 Å². The predicted octanol–water partition coefficient (Wildman–Crippen LogP) is 2.77. The van der Waals surface area contributed by atoms with Crippen LogP contribution in [0.4, 0.5) is 20.5 Å². The minimum atomic E-state index is -2.72. The van der Waals surface area contributed by atoms with Crippen LogP contribution in [0.1, 0.15) is 60.6 Å². The molecular formula is C31H41F2N7O3. The van der Waals surface area contributed by atoms with Crippen molar-refractivity contribution >= 4 is 23.6 Å². The molecule has 6 rings (SSSR count). The maximum atomic E-state index is 13.9. The summed E-state index contributed by atoms with van der Waals surface area (Å²) >= 11 is 0. The Morgan fingerprint density at radius 3 is 2.35 bits per heavy atom. The van der Waals surface area contributed by atoms with Gasteiger partial charge >= 0.3 is 0 Å². The van der Waals surface area contributed by atoms with Gasteiger partial charge in [-0.15, -0.1) is 0 Å². The van der Waals surface area contributed by atoms with E-state index in [2.05, 4.69) is 38.4 Å². The summed E-state index contributed by atoms with van der Waals surface area (Å²) in [6.45, 7) is 5.38. The van der Waals surface area contributed by atoms with Crippen LogP contribution >= 0.6 is 0 Å². The van der Waals surface area contributed by atoms with Gasteiger partial charge < -0.3 is 25.1 Å². The molecule has 1 aromatic heterocycles. The molecule has 0 spiro atoms. The third kappa shape index (κ3) is 6.75. The number of fused-ring (bicyclic) bond motifs is 1. The van der Waals surface area contributed by atoms with E-state index in [-0.39, 0.29) is 68.0 Å². The van der Waals surface area contributed by atoms with Crippen LogP contribution in [-0.4, -0.2) is 112 Å². The van der Waals surface area contributed by atoms with Crippen molar-refractivity contribution in [3.8, 4) is 0 Å². The number of aliphatic hydroxyl groups excluding tert-OH is 1. The van der Waals surface area contributed by atoms with Gasteiger partial charge in [0, 0.05) is 90.3 Å². The van der Waals surface area contributed by atoms with Gasteiger partial charge in [-0.05, 0) is 36.8 Å². The summed E-state index contributed by atoms with van der Waals surface area (Å²) in [7, 11) is 0. The van der Waals surface area contributed by atoms with Crippen LogP contribution in [-0.2, 0) is 17.8 Å². The molecule has 0 saturated carbocycles. The van der Waals surface area contributed by atoms with E-state index in [9.17, 15) is 23.5 Å². The summed E-state index contributed by atoms with van der Waals surface area (Å²) < 4.78 is 27.8. The summed E-state index contributed by atoms with van der Waals surface area (Å²) in [4.78, 5) is 42.2. The molecule has 4 aliphatic rings. The molecule has 43 heavy (non-hydrogen) atoms. The van der Waals surface area contributed by atoms with Crippen LogP contribution in [0.15, 0.2) is 30.3 Å². The van der Waals surface area contributed by atoms with E-state index in [0.29, 0.717) is 31.9 Å². The lowest BCUT2D eigenvalue weighted by atomic mass is 9.94. The number of aliphatic hydroxyl groups is 1. The molecule has 0 bridgehead atoms. The molecule has 3 fully saturated rings. The van der Waals surface area contributed by atoms with E-state index in [1.54, 1.807) is 22.8 Å². The zero-order chi connectivity index (χ0) is 30.1. The van der Waals surface area contributed by atoms with Crippen LogP contribution in [0.25, 0.3) is 0 Å². The van der Waals surface area contributed by atoms with E-state index >= 15 is 0 Å². The van der Waals surface area contributed by atoms with Gasteiger partial charge in [0.25, 0.3) is 11.8 Å². The first-order valence-corrected chi connectivity index (χ1v) is 15.5. The van der Waals surface area contributed by atoms with Gasteiger partial charge in [0.15, 0.2) is 0 Å². The first-order chi connectivity index (χ1) is 20.6. The number of carbonyl (C=O) groups excluding carboxylic acids is 2. The lowest BCUT2D eigenvalue weighted by Crippen LogP contribution is -2.56. The maximum absolute atomic E-state index is 13.9. The number of carbonyl (C=O) groups is 2. The van der Waals surface area contributed by atoms with Crippen LogP contribution in [0.2, 0.25) is 0 Å². The molecular weight excluding hydrogens is 556 g/mol. The highest BCUT2D eigenvalue weighted by Gasteiger charge is 2.37. The summed E-state index contributed by atoms with van der Waals surface area (Å²) in [5, 5.41) is 14.6. The monoisotopic (exact) mass is 597 g/mol. The highest BCUT2D eigenvalue weighted by Crippen LogP contribution is 2.31. The molecule has 1 aromatic carbocycles. The van der Waals surface area contributed by atoms with Gasteiger partial charge in [-0.2, -0.15) is 4.98 Å². The van der Waals surface area contributed by atoms with Gasteiger partial charge in [0.1, 0.15) is 11.5 Å². The van der Waals surface area contributed by atoms with Crippen molar-refractivity contribution in [1.29, 1.82) is 0 Å². The number of hydrogen-bond donors (Lipinski definition) is 2. The minimum Gasteiger partial charge on any atom is -0.390 e. The maximum Gasteiger partial charge on any atom is 0.272 e. The molecule has 2 N–H and O–H groups in total. The van der Waals surface area contributed by atoms with Gasteiger partial charge in [0.05, 0.1) is 6.10 Å². The fourth-order valence-electron chi connectivity index (χ4n) is 6.83. The lowest BCUT2D eigenvalue weighted by molar-refractivity contribution is -0.129. The lowest BCUT2D eigenvalue weighted by Gasteiger charge is -2.43. The second-order valence-corrected chi connectivity index (χ2v) is 12.4. The van der Waals surface area contributed by atoms with Crippen molar-refractivity contribution in [2.75, 3.05) is 56.0 Å². The summed E-state index contributed by atoms with van der Waals surface area (Å²) in [5.74, 6) is -2.25. The standard InChI is InChI=1S/C31H41F2N7O3/c1-21(41)37-13-7-24(8-14-37)34-28-18-25(35-30(36-28)38-16-10-31(32,33)11-17-38)29(43)40-15-9-26(27(42)20-40)39-12-6-22-4-2-3-5-23(22)19-39/h2-5,18,24,26-27,42H,6-17,19-20H2,1H3,(H,34,35,36)/t26-,27-/m1/s1. The molecule has 2 amide bonds. The zero-order valence-electron chi connectivity index (χ0n) is 24.7. The molecule has 2 atom stereocenters. The molecule has 0 aliphatic carbocycles. The van der Waals surface area contributed by atoms with Crippen LogP contribution in [0.5, 0.6) is 0 Å². The fraction of sp³-hybridized carbons (Fsp3) is 0.613. The number of nitrogens with one attached hydrogen (secondary N) is 1. The van der Waals surface area contributed by atoms with Gasteiger partial charge in [0.2, 0.25) is 11.9 Å². The normalized spacial score (nSPS) is 24.9. The average Bonchev–Trinajstić information content (AvgIpc) is 3.00. The van der Waals surface area contributed by atoms with Gasteiger partial charge in [-0.3, -0.25) is 14.5 Å². The average molecular weight is 598 g/mol. The van der Waals surface area contributed by atoms with E-state index in [1.165, 1.54) is 11.1 Å². The molecule has 12 heteroatoms. The zero-order valence-corrected chi connectivity index (χ0v) is 24.7. The number of piperidine rings is 3. The number of hydrogen-bond acceptors (Lipinski definition) is 8. The topological polar surface area (TPSA) is 105 Å². The first kappa shape index (κ1) is 29.7. The Kier molecular flexibility index (Phi) is 8.50. The van der Waals surface area contributed by atoms with Crippen molar-refractivity contribution < 1.29 is 23.5 Å². The molecule has 0 unspecified atom stereocenters. The van der Waals surface area contributed by atoms with Gasteiger partial charge in [-0.1, -0.05) is 24.3 Å². The Bertz CT molecular complexity index is 1330. The molecule has 0 radical (unpaired) electrons. The van der Waals surface area contributed by atoms with Crippen molar-refractivity contribution in [3.63, 3.8) is 0 Å². The van der Waals surface area contributed by atoms with E-state index < -0.39 is 12.0 Å². The first-order valence-electron chi connectivity index (χ1n) is 15.5. The molecule has 2 aromatic rings. The van der Waals surface area contributed by atoms with E-state index in [0.717, 1.165) is 32.4 Å². The summed E-state index contributed by atoms with van der Waals surface area (Å²) in [6, 6.07) is 10.1. The highest BCUT2D eigenvalue weighted by molar-refractivity contribution is 5.93. The second kappa shape index (κ2) is 12.3.